The van der Waals surface area contributed by atoms with Gasteiger partial charge in [-0.2, -0.15) is 13.2 Å². The van der Waals surface area contributed by atoms with Crippen molar-refractivity contribution < 1.29 is 27.1 Å². The molecule has 1 aliphatic rings. The van der Waals surface area contributed by atoms with Crippen molar-refractivity contribution in [2.75, 3.05) is 13.2 Å². The molecular formula is C17H19F4N3O2. The smallest absolute Gasteiger partial charge is 0.394 e. The van der Waals surface area contributed by atoms with Crippen molar-refractivity contribution in [2.45, 2.75) is 31.6 Å². The summed E-state index contributed by atoms with van der Waals surface area (Å²) in [5.41, 5.74) is 3.31. The van der Waals surface area contributed by atoms with Crippen molar-refractivity contribution in [1.82, 2.24) is 4.90 Å². The summed E-state index contributed by atoms with van der Waals surface area (Å²) in [6, 6.07) is 5.48. The predicted octanol–water partition coefficient (Wildman–Crippen LogP) is 2.76. The van der Waals surface area contributed by atoms with Gasteiger partial charge in [0.25, 0.3) is 5.91 Å². The van der Waals surface area contributed by atoms with Crippen LogP contribution < -0.4 is 5.73 Å². The number of benzene rings is 1. The SMILES string of the molecule is N=C(/C=C(\N)C(=O)N(Cc1ccccc1F)C1CCOCC1)C(F)(F)F. The Kier molecular flexibility index (Phi) is 6.36. The summed E-state index contributed by atoms with van der Waals surface area (Å²) in [6.45, 7) is 0.630. The van der Waals surface area contributed by atoms with Crippen LogP contribution in [-0.2, 0) is 16.1 Å². The highest BCUT2D eigenvalue weighted by Gasteiger charge is 2.34. The quantitative estimate of drug-likeness (QED) is 0.473. The largest absolute Gasteiger partial charge is 0.432 e. The van der Waals surface area contributed by atoms with Crippen LogP contribution in [0.5, 0.6) is 0 Å². The zero-order chi connectivity index (χ0) is 19.3. The van der Waals surface area contributed by atoms with Gasteiger partial charge in [0.1, 0.15) is 11.5 Å². The van der Waals surface area contributed by atoms with Gasteiger partial charge in [0.05, 0.1) is 5.70 Å². The highest BCUT2D eigenvalue weighted by Crippen LogP contribution is 2.22. The molecule has 2 rings (SSSR count). The number of allylic oxidation sites excluding steroid dienone is 1. The highest BCUT2D eigenvalue weighted by atomic mass is 19.4. The average Bonchev–Trinajstić information content (AvgIpc) is 2.60. The van der Waals surface area contributed by atoms with Crippen molar-refractivity contribution in [3.8, 4) is 0 Å². The third-order valence-corrected chi connectivity index (χ3v) is 4.04. The molecule has 0 atom stereocenters. The molecular weight excluding hydrogens is 354 g/mol. The fourth-order valence-corrected chi connectivity index (χ4v) is 2.64. The third-order valence-electron chi connectivity index (χ3n) is 4.04. The molecule has 0 aliphatic carbocycles. The van der Waals surface area contributed by atoms with Gasteiger partial charge < -0.3 is 15.4 Å². The molecule has 142 valence electrons. The Morgan fingerprint density at radius 2 is 1.92 bits per heavy atom. The summed E-state index contributed by atoms with van der Waals surface area (Å²) in [4.78, 5) is 13.9. The van der Waals surface area contributed by atoms with Gasteiger partial charge in [0.2, 0.25) is 0 Å². The number of amides is 1. The minimum atomic E-state index is -4.90. The van der Waals surface area contributed by atoms with E-state index in [-0.39, 0.29) is 24.2 Å². The van der Waals surface area contributed by atoms with Crippen LogP contribution in [0.2, 0.25) is 0 Å². The van der Waals surface area contributed by atoms with Crippen LogP contribution in [0.25, 0.3) is 0 Å². The Morgan fingerprint density at radius 3 is 2.50 bits per heavy atom. The molecule has 1 aromatic carbocycles. The van der Waals surface area contributed by atoms with E-state index in [9.17, 15) is 22.4 Å². The molecule has 1 saturated heterocycles. The average molecular weight is 373 g/mol. The summed E-state index contributed by atoms with van der Waals surface area (Å²) in [7, 11) is 0. The zero-order valence-corrected chi connectivity index (χ0v) is 13.9. The lowest BCUT2D eigenvalue weighted by Crippen LogP contribution is -2.45. The molecule has 0 saturated carbocycles. The van der Waals surface area contributed by atoms with Gasteiger partial charge in [0, 0.05) is 31.4 Å². The van der Waals surface area contributed by atoms with E-state index >= 15 is 0 Å². The molecule has 0 aromatic heterocycles. The van der Waals surface area contributed by atoms with Crippen LogP contribution in [0.15, 0.2) is 36.0 Å². The van der Waals surface area contributed by atoms with Crippen molar-refractivity contribution in [3.63, 3.8) is 0 Å². The Morgan fingerprint density at radius 1 is 1.31 bits per heavy atom. The molecule has 0 radical (unpaired) electrons. The fraction of sp³-hybridized carbons (Fsp3) is 0.412. The van der Waals surface area contributed by atoms with Gasteiger partial charge in [0.15, 0.2) is 0 Å². The minimum Gasteiger partial charge on any atom is -0.394 e. The van der Waals surface area contributed by atoms with Crippen molar-refractivity contribution in [1.29, 1.82) is 5.41 Å². The molecule has 0 unspecified atom stereocenters. The van der Waals surface area contributed by atoms with Crippen molar-refractivity contribution in [2.24, 2.45) is 5.73 Å². The topological polar surface area (TPSA) is 79.4 Å². The lowest BCUT2D eigenvalue weighted by molar-refractivity contribution is -0.132. The number of hydrogen-bond acceptors (Lipinski definition) is 4. The first-order valence-corrected chi connectivity index (χ1v) is 7.95. The number of hydrogen-bond donors (Lipinski definition) is 2. The zero-order valence-electron chi connectivity index (χ0n) is 13.9. The lowest BCUT2D eigenvalue weighted by atomic mass is 10.0. The molecule has 26 heavy (non-hydrogen) atoms. The Bertz CT molecular complexity index is 697. The first kappa shape index (κ1) is 19.9. The summed E-state index contributed by atoms with van der Waals surface area (Å²) in [5.74, 6) is -1.39. The van der Waals surface area contributed by atoms with E-state index < -0.39 is 29.3 Å². The second kappa shape index (κ2) is 8.31. The van der Waals surface area contributed by atoms with Crippen LogP contribution in [0, 0.1) is 11.2 Å². The molecule has 1 amide bonds. The van der Waals surface area contributed by atoms with Crippen molar-refractivity contribution in [3.05, 3.63) is 47.4 Å². The summed E-state index contributed by atoms with van der Waals surface area (Å²) in [6.07, 6.45) is -3.69. The summed E-state index contributed by atoms with van der Waals surface area (Å²) in [5, 5.41) is 6.97. The van der Waals surface area contributed by atoms with Crippen LogP contribution >= 0.6 is 0 Å². The third kappa shape index (κ3) is 5.04. The molecule has 1 fully saturated rings. The van der Waals surface area contributed by atoms with E-state index in [0.29, 0.717) is 26.1 Å². The Balaban J connectivity index is 2.27. The summed E-state index contributed by atoms with van der Waals surface area (Å²) < 4.78 is 56.7. The van der Waals surface area contributed by atoms with Gasteiger partial charge in [-0.1, -0.05) is 18.2 Å². The van der Waals surface area contributed by atoms with E-state index in [4.69, 9.17) is 15.9 Å². The van der Waals surface area contributed by atoms with Crippen LogP contribution in [0.3, 0.4) is 0 Å². The van der Waals surface area contributed by atoms with Crippen LogP contribution in [0.4, 0.5) is 17.6 Å². The number of nitrogens with zero attached hydrogens (tertiary/aromatic N) is 1. The summed E-state index contributed by atoms with van der Waals surface area (Å²) >= 11 is 0. The van der Waals surface area contributed by atoms with Gasteiger partial charge in [-0.25, -0.2) is 4.39 Å². The molecule has 3 N–H and O–H groups in total. The van der Waals surface area contributed by atoms with Gasteiger partial charge in [-0.05, 0) is 25.0 Å². The predicted molar refractivity (Wildman–Crippen MR) is 86.8 cm³/mol. The number of carbonyl (C=O) groups is 1. The number of halogens is 4. The molecule has 9 heteroatoms. The van der Waals surface area contributed by atoms with Gasteiger partial charge in [-0.3, -0.25) is 10.2 Å². The molecule has 1 heterocycles. The number of rotatable bonds is 5. The maximum Gasteiger partial charge on any atom is 0.432 e. The number of nitrogens with one attached hydrogen (secondary N) is 1. The lowest BCUT2D eigenvalue weighted by Gasteiger charge is -2.34. The van der Waals surface area contributed by atoms with E-state index in [1.807, 2.05) is 0 Å². The van der Waals surface area contributed by atoms with Crippen LogP contribution in [0.1, 0.15) is 18.4 Å². The highest BCUT2D eigenvalue weighted by molar-refractivity contribution is 6.04. The van der Waals surface area contributed by atoms with E-state index in [0.717, 1.165) is 0 Å². The van der Waals surface area contributed by atoms with Gasteiger partial charge in [-0.15, -0.1) is 0 Å². The first-order chi connectivity index (χ1) is 12.2. The molecule has 0 spiro atoms. The number of carbonyl (C=O) groups excluding carboxylic acids is 1. The fourth-order valence-electron chi connectivity index (χ4n) is 2.64. The normalized spacial score (nSPS) is 16.4. The van der Waals surface area contributed by atoms with E-state index in [1.165, 1.54) is 23.1 Å². The number of alkyl halides is 3. The van der Waals surface area contributed by atoms with E-state index in [1.54, 1.807) is 6.07 Å². The second-order valence-corrected chi connectivity index (χ2v) is 5.88. The monoisotopic (exact) mass is 373 g/mol. The standard InChI is InChI=1S/C17H19F4N3O2/c18-13-4-2-1-3-11(13)10-24(12-5-7-26-8-6-12)16(25)14(22)9-15(23)17(19,20)21/h1-4,9,12,23H,5-8,10,22H2/b14-9-,23-15?. The Hall–Kier alpha value is -2.42. The molecule has 5 nitrogen and oxygen atoms in total. The minimum absolute atomic E-state index is 0.135. The maximum atomic E-state index is 14.0. The maximum absolute atomic E-state index is 14.0. The van der Waals surface area contributed by atoms with E-state index in [2.05, 4.69) is 0 Å². The molecule has 1 aromatic rings. The van der Waals surface area contributed by atoms with Gasteiger partial charge >= 0.3 is 6.18 Å². The van der Waals surface area contributed by atoms with Crippen LogP contribution in [-0.4, -0.2) is 42.0 Å². The molecule has 1 aliphatic heterocycles. The second-order valence-electron chi connectivity index (χ2n) is 5.88. The number of ether oxygens (including phenoxy) is 1. The Labute approximate surface area is 147 Å². The first-order valence-electron chi connectivity index (χ1n) is 7.95. The molecule has 0 bridgehead atoms. The van der Waals surface area contributed by atoms with Crippen molar-refractivity contribution >= 4 is 11.6 Å². The number of nitrogens with two attached hydrogens (primary N) is 1.